The van der Waals surface area contributed by atoms with Gasteiger partial charge >= 0.3 is 5.97 Å². The third-order valence-corrected chi connectivity index (χ3v) is 4.77. The number of pyridine rings is 1. The summed E-state index contributed by atoms with van der Waals surface area (Å²) in [6, 6.07) is 10.1. The Bertz CT molecular complexity index is 952. The maximum absolute atomic E-state index is 11.2. The lowest BCUT2D eigenvalue weighted by atomic mass is 9.97. The Morgan fingerprint density at radius 3 is 2.88 bits per heavy atom. The molecule has 26 heavy (non-hydrogen) atoms. The molecule has 1 aromatic carbocycles. The average molecular weight is 349 g/mol. The molecule has 7 heteroatoms. The first-order valence-electron chi connectivity index (χ1n) is 8.51. The number of hydrogen-bond donors (Lipinski definition) is 1. The van der Waals surface area contributed by atoms with E-state index in [0.717, 1.165) is 31.7 Å². The molecule has 0 bridgehead atoms. The maximum Gasteiger partial charge on any atom is 0.358 e. The first kappa shape index (κ1) is 16.4. The van der Waals surface area contributed by atoms with Gasteiger partial charge < -0.3 is 5.11 Å². The van der Waals surface area contributed by atoms with Crippen LogP contribution in [0.4, 0.5) is 0 Å². The minimum absolute atomic E-state index is 0.00313. The third-order valence-electron chi connectivity index (χ3n) is 4.77. The number of carbonyl (C=O) groups is 1. The fourth-order valence-corrected chi connectivity index (χ4v) is 3.49. The van der Waals surface area contributed by atoms with E-state index in [0.29, 0.717) is 5.69 Å². The van der Waals surface area contributed by atoms with Gasteiger partial charge in [-0.3, -0.25) is 9.88 Å². The highest BCUT2D eigenvalue weighted by Gasteiger charge is 2.22. The number of fused-ring (bicyclic) bond motifs is 1. The van der Waals surface area contributed by atoms with Crippen LogP contribution in [0.5, 0.6) is 0 Å². The molecule has 2 aromatic heterocycles. The molecule has 0 saturated carbocycles. The van der Waals surface area contributed by atoms with Crippen LogP contribution in [0.15, 0.2) is 42.7 Å². The Labute approximate surface area is 150 Å². The van der Waals surface area contributed by atoms with Crippen molar-refractivity contribution in [3.05, 3.63) is 70.8 Å². The molecule has 0 aliphatic carbocycles. The van der Waals surface area contributed by atoms with Gasteiger partial charge in [-0.1, -0.05) is 23.4 Å². The van der Waals surface area contributed by atoms with E-state index in [2.05, 4.69) is 32.3 Å². The second-order valence-corrected chi connectivity index (χ2v) is 6.48. The van der Waals surface area contributed by atoms with Crippen molar-refractivity contribution in [3.8, 4) is 5.69 Å². The zero-order valence-electron chi connectivity index (χ0n) is 14.5. The third kappa shape index (κ3) is 2.97. The Morgan fingerprint density at radius 1 is 1.27 bits per heavy atom. The summed E-state index contributed by atoms with van der Waals surface area (Å²) in [6.07, 6.45) is 4.57. The van der Waals surface area contributed by atoms with E-state index in [1.165, 1.54) is 16.7 Å². The molecule has 132 valence electrons. The summed E-state index contributed by atoms with van der Waals surface area (Å²) in [5.41, 5.74) is 5.11. The second-order valence-electron chi connectivity index (χ2n) is 6.48. The molecule has 7 nitrogen and oxygen atoms in total. The molecule has 3 aromatic rings. The van der Waals surface area contributed by atoms with E-state index >= 15 is 0 Å². The predicted molar refractivity (Wildman–Crippen MR) is 95.1 cm³/mol. The fraction of sp³-hybridized carbons (Fsp3) is 0.263. The topological polar surface area (TPSA) is 84.1 Å². The first-order chi connectivity index (χ1) is 12.6. The molecule has 1 aliphatic heterocycles. The monoisotopic (exact) mass is 349 g/mol. The standard InChI is InChI=1S/C19H19N5O2/c1-13-18(19(25)26)21-22-24(13)17-6-2-5-15-12-23(9-7-16(15)17)11-14-4-3-8-20-10-14/h2-6,8,10H,7,9,11-12H2,1H3,(H,25,26). The predicted octanol–water partition coefficient (Wildman–Crippen LogP) is 2.23. The molecule has 0 atom stereocenters. The van der Waals surface area contributed by atoms with Crippen LogP contribution in [0.25, 0.3) is 5.69 Å². The number of carboxylic acid groups (broad SMARTS) is 1. The van der Waals surface area contributed by atoms with Gasteiger partial charge in [0.05, 0.1) is 11.4 Å². The van der Waals surface area contributed by atoms with Crippen LogP contribution in [-0.4, -0.2) is 42.5 Å². The SMILES string of the molecule is Cc1c(C(=O)O)nnn1-c1cccc2c1CCN(Cc1cccnc1)C2. The van der Waals surface area contributed by atoms with Gasteiger partial charge in [0.15, 0.2) is 5.69 Å². The van der Waals surface area contributed by atoms with Gasteiger partial charge in [0, 0.05) is 32.0 Å². The molecule has 1 aliphatic rings. The van der Waals surface area contributed by atoms with Crippen LogP contribution in [0.2, 0.25) is 0 Å². The quantitative estimate of drug-likeness (QED) is 0.777. The van der Waals surface area contributed by atoms with Crippen LogP contribution in [0, 0.1) is 6.92 Å². The van der Waals surface area contributed by atoms with Crippen molar-refractivity contribution in [2.75, 3.05) is 6.54 Å². The Morgan fingerprint density at radius 2 is 2.15 bits per heavy atom. The number of aromatic carboxylic acids is 1. The summed E-state index contributed by atoms with van der Waals surface area (Å²) in [4.78, 5) is 17.8. The molecule has 0 radical (unpaired) electrons. The van der Waals surface area contributed by atoms with Crippen molar-refractivity contribution >= 4 is 5.97 Å². The van der Waals surface area contributed by atoms with Gasteiger partial charge in [-0.15, -0.1) is 5.10 Å². The Kier molecular flexibility index (Phi) is 4.22. The van der Waals surface area contributed by atoms with E-state index in [-0.39, 0.29) is 5.69 Å². The van der Waals surface area contributed by atoms with Gasteiger partial charge in [-0.25, -0.2) is 9.48 Å². The number of hydrogen-bond acceptors (Lipinski definition) is 5. The van der Waals surface area contributed by atoms with Crippen LogP contribution < -0.4 is 0 Å². The van der Waals surface area contributed by atoms with Crippen LogP contribution in [0.3, 0.4) is 0 Å². The van der Waals surface area contributed by atoms with Crippen molar-refractivity contribution in [1.82, 2.24) is 24.9 Å². The van der Waals surface area contributed by atoms with Gasteiger partial charge in [-0.05, 0) is 42.2 Å². The molecule has 4 rings (SSSR count). The van der Waals surface area contributed by atoms with Crippen LogP contribution in [0.1, 0.15) is 32.9 Å². The number of benzene rings is 1. The zero-order chi connectivity index (χ0) is 18.1. The van der Waals surface area contributed by atoms with E-state index in [1.54, 1.807) is 17.8 Å². The average Bonchev–Trinajstić information content (AvgIpc) is 3.03. The van der Waals surface area contributed by atoms with Gasteiger partial charge in [0.25, 0.3) is 0 Å². The van der Waals surface area contributed by atoms with E-state index < -0.39 is 5.97 Å². The van der Waals surface area contributed by atoms with E-state index in [4.69, 9.17) is 0 Å². The number of aromatic nitrogens is 4. The summed E-state index contributed by atoms with van der Waals surface area (Å²) in [5, 5.41) is 17.1. The van der Waals surface area contributed by atoms with Crippen molar-refractivity contribution < 1.29 is 9.90 Å². The van der Waals surface area contributed by atoms with E-state index in [9.17, 15) is 9.90 Å². The normalized spacial score (nSPS) is 14.2. The van der Waals surface area contributed by atoms with Crippen molar-refractivity contribution in [2.24, 2.45) is 0 Å². The van der Waals surface area contributed by atoms with E-state index in [1.807, 2.05) is 24.4 Å². The molecular weight excluding hydrogens is 330 g/mol. The fourth-order valence-electron chi connectivity index (χ4n) is 3.49. The minimum Gasteiger partial charge on any atom is -0.476 e. The Hall–Kier alpha value is -3.06. The van der Waals surface area contributed by atoms with Gasteiger partial charge in [-0.2, -0.15) is 0 Å². The molecule has 0 spiro atoms. The molecular formula is C19H19N5O2. The summed E-state index contributed by atoms with van der Waals surface area (Å²) in [6.45, 7) is 4.37. The van der Waals surface area contributed by atoms with Crippen LogP contribution in [-0.2, 0) is 19.5 Å². The largest absolute Gasteiger partial charge is 0.476 e. The van der Waals surface area contributed by atoms with Gasteiger partial charge in [0.2, 0.25) is 0 Å². The van der Waals surface area contributed by atoms with Gasteiger partial charge in [0.1, 0.15) is 0 Å². The molecule has 1 N–H and O–H groups in total. The molecule has 0 amide bonds. The summed E-state index contributed by atoms with van der Waals surface area (Å²) in [7, 11) is 0. The minimum atomic E-state index is -1.05. The lowest BCUT2D eigenvalue weighted by Crippen LogP contribution is -2.31. The highest BCUT2D eigenvalue weighted by molar-refractivity contribution is 5.86. The summed E-state index contributed by atoms with van der Waals surface area (Å²) >= 11 is 0. The highest BCUT2D eigenvalue weighted by atomic mass is 16.4. The number of nitrogens with zero attached hydrogens (tertiary/aromatic N) is 5. The van der Waals surface area contributed by atoms with Crippen molar-refractivity contribution in [1.29, 1.82) is 0 Å². The lowest BCUT2D eigenvalue weighted by Gasteiger charge is -2.30. The molecule has 0 fully saturated rings. The number of rotatable bonds is 4. The van der Waals surface area contributed by atoms with Crippen molar-refractivity contribution in [3.63, 3.8) is 0 Å². The van der Waals surface area contributed by atoms with Crippen molar-refractivity contribution in [2.45, 2.75) is 26.4 Å². The first-order valence-corrected chi connectivity index (χ1v) is 8.51. The molecule has 3 heterocycles. The molecule has 0 unspecified atom stereocenters. The summed E-state index contributed by atoms with van der Waals surface area (Å²) in [5.74, 6) is -1.05. The molecule has 0 saturated heterocycles. The van der Waals surface area contributed by atoms with Crippen LogP contribution >= 0.6 is 0 Å². The number of carboxylic acids is 1. The Balaban J connectivity index is 1.62. The maximum atomic E-state index is 11.2. The lowest BCUT2D eigenvalue weighted by molar-refractivity contribution is 0.0689. The zero-order valence-corrected chi connectivity index (χ0v) is 14.5. The highest BCUT2D eigenvalue weighted by Crippen LogP contribution is 2.27. The summed E-state index contributed by atoms with van der Waals surface area (Å²) < 4.78 is 1.64. The smallest absolute Gasteiger partial charge is 0.358 e. The second kappa shape index (κ2) is 6.68.